The number of nitrogens with one attached hydrogen (secondary N) is 1. The third-order valence-electron chi connectivity index (χ3n) is 3.22. The van der Waals surface area contributed by atoms with Gasteiger partial charge in [0.1, 0.15) is 0 Å². The molecule has 1 aromatic heterocycles. The number of hydrogen-bond donors (Lipinski definition) is 1. The molecule has 2 unspecified atom stereocenters. The number of nitrogens with zero attached hydrogens (tertiary/aromatic N) is 2. The summed E-state index contributed by atoms with van der Waals surface area (Å²) in [5.74, 6) is 1.95. The summed E-state index contributed by atoms with van der Waals surface area (Å²) in [5, 5.41) is 7.82. The van der Waals surface area contributed by atoms with E-state index in [9.17, 15) is 0 Å². The molecule has 0 bridgehead atoms. The summed E-state index contributed by atoms with van der Waals surface area (Å²) >= 11 is 1.93. The van der Waals surface area contributed by atoms with Gasteiger partial charge in [0.2, 0.25) is 0 Å². The van der Waals surface area contributed by atoms with Crippen molar-refractivity contribution in [1.82, 2.24) is 15.1 Å². The molecule has 0 fully saturated rings. The summed E-state index contributed by atoms with van der Waals surface area (Å²) in [6.45, 7) is 5.57. The molecule has 1 rings (SSSR count). The van der Waals surface area contributed by atoms with E-state index in [4.69, 9.17) is 0 Å². The van der Waals surface area contributed by atoms with E-state index in [0.29, 0.717) is 6.04 Å². The van der Waals surface area contributed by atoms with Crippen LogP contribution in [0.2, 0.25) is 0 Å². The van der Waals surface area contributed by atoms with Crippen molar-refractivity contribution in [2.24, 2.45) is 13.0 Å². The first-order chi connectivity index (χ1) is 8.19. The number of thioether (sulfide) groups is 1. The fraction of sp³-hybridized carbons (Fsp3) is 0.769. The normalized spacial score (nSPS) is 14.8. The molecule has 0 spiro atoms. The van der Waals surface area contributed by atoms with Gasteiger partial charge in [0.05, 0.1) is 0 Å². The molecule has 3 nitrogen and oxygen atoms in total. The molecule has 0 aromatic carbocycles. The van der Waals surface area contributed by atoms with Gasteiger partial charge in [-0.05, 0) is 43.4 Å². The van der Waals surface area contributed by atoms with Crippen molar-refractivity contribution in [3.63, 3.8) is 0 Å². The van der Waals surface area contributed by atoms with Crippen LogP contribution in [0.1, 0.15) is 26.0 Å². The Balaban J connectivity index is 2.46. The van der Waals surface area contributed by atoms with E-state index < -0.39 is 0 Å². The quantitative estimate of drug-likeness (QED) is 0.773. The van der Waals surface area contributed by atoms with Crippen LogP contribution in [-0.2, 0) is 13.5 Å². The van der Waals surface area contributed by atoms with Crippen molar-refractivity contribution >= 4 is 11.8 Å². The van der Waals surface area contributed by atoms with Gasteiger partial charge in [-0.25, -0.2) is 0 Å². The Hall–Kier alpha value is -0.480. The van der Waals surface area contributed by atoms with Gasteiger partial charge in [0.25, 0.3) is 0 Å². The molecule has 98 valence electrons. The summed E-state index contributed by atoms with van der Waals surface area (Å²) in [5.41, 5.74) is 1.32. The van der Waals surface area contributed by atoms with Crippen molar-refractivity contribution < 1.29 is 0 Å². The highest BCUT2D eigenvalue weighted by Crippen LogP contribution is 2.15. The van der Waals surface area contributed by atoms with Gasteiger partial charge in [-0.2, -0.15) is 16.9 Å². The lowest BCUT2D eigenvalue weighted by Crippen LogP contribution is -2.36. The Morgan fingerprint density at radius 2 is 2.29 bits per heavy atom. The van der Waals surface area contributed by atoms with E-state index in [1.54, 1.807) is 0 Å². The Morgan fingerprint density at radius 1 is 1.53 bits per heavy atom. The van der Waals surface area contributed by atoms with E-state index in [0.717, 1.165) is 18.9 Å². The standard InChI is InChI=1S/C13H25N3S/c1-5-14-13(11(2)10-17-4)7-6-12-8-9-15-16(12)3/h8-9,11,13-14H,5-7,10H2,1-4H3. The second kappa shape index (κ2) is 7.77. The maximum absolute atomic E-state index is 4.21. The predicted octanol–water partition coefficient (Wildman–Crippen LogP) is 2.33. The molecule has 1 aromatic rings. The first-order valence-corrected chi connectivity index (χ1v) is 7.77. The highest BCUT2D eigenvalue weighted by atomic mass is 32.2. The molecular weight excluding hydrogens is 230 g/mol. The largest absolute Gasteiger partial charge is 0.314 e. The van der Waals surface area contributed by atoms with E-state index in [-0.39, 0.29) is 0 Å². The summed E-state index contributed by atoms with van der Waals surface area (Å²) in [4.78, 5) is 0. The summed E-state index contributed by atoms with van der Waals surface area (Å²) in [6, 6.07) is 2.73. The van der Waals surface area contributed by atoms with Gasteiger partial charge in [0, 0.05) is 25.0 Å². The lowest BCUT2D eigenvalue weighted by Gasteiger charge is -2.24. The van der Waals surface area contributed by atoms with E-state index in [2.05, 4.69) is 36.6 Å². The lowest BCUT2D eigenvalue weighted by molar-refractivity contribution is 0.387. The Kier molecular flexibility index (Phi) is 6.66. The minimum absolute atomic E-state index is 0.613. The van der Waals surface area contributed by atoms with Crippen LogP contribution in [0.3, 0.4) is 0 Å². The molecule has 1 heterocycles. The smallest absolute Gasteiger partial charge is 0.0492 e. The second-order valence-corrected chi connectivity index (χ2v) is 5.49. The molecule has 2 atom stereocenters. The topological polar surface area (TPSA) is 29.9 Å². The average molecular weight is 255 g/mol. The average Bonchev–Trinajstić information content (AvgIpc) is 2.70. The minimum atomic E-state index is 0.613. The summed E-state index contributed by atoms with van der Waals surface area (Å²) < 4.78 is 1.97. The highest BCUT2D eigenvalue weighted by Gasteiger charge is 2.16. The SMILES string of the molecule is CCNC(CCc1ccnn1C)C(C)CSC. The summed E-state index contributed by atoms with van der Waals surface area (Å²) in [6.07, 6.45) is 6.35. The third-order valence-corrected chi connectivity index (χ3v) is 4.08. The van der Waals surface area contributed by atoms with Gasteiger partial charge in [-0.3, -0.25) is 4.68 Å². The third kappa shape index (κ3) is 4.72. The van der Waals surface area contributed by atoms with Gasteiger partial charge in [0.15, 0.2) is 0 Å². The van der Waals surface area contributed by atoms with Crippen LogP contribution in [0.15, 0.2) is 12.3 Å². The van der Waals surface area contributed by atoms with Crippen LogP contribution in [-0.4, -0.2) is 34.4 Å². The number of hydrogen-bond acceptors (Lipinski definition) is 3. The molecule has 4 heteroatoms. The molecule has 0 aliphatic heterocycles. The molecular formula is C13H25N3S. The molecule has 0 saturated heterocycles. The maximum atomic E-state index is 4.21. The molecule has 0 aliphatic rings. The fourth-order valence-electron chi connectivity index (χ4n) is 2.18. The van der Waals surface area contributed by atoms with Crippen molar-refractivity contribution in [3.8, 4) is 0 Å². The predicted molar refractivity (Wildman–Crippen MR) is 76.5 cm³/mol. The monoisotopic (exact) mass is 255 g/mol. The van der Waals surface area contributed by atoms with Crippen molar-refractivity contribution in [1.29, 1.82) is 0 Å². The van der Waals surface area contributed by atoms with Crippen LogP contribution in [0.25, 0.3) is 0 Å². The first kappa shape index (κ1) is 14.6. The van der Waals surface area contributed by atoms with Crippen molar-refractivity contribution in [3.05, 3.63) is 18.0 Å². The van der Waals surface area contributed by atoms with Crippen molar-refractivity contribution in [2.75, 3.05) is 18.6 Å². The van der Waals surface area contributed by atoms with Gasteiger partial charge < -0.3 is 5.32 Å². The Morgan fingerprint density at radius 3 is 2.82 bits per heavy atom. The minimum Gasteiger partial charge on any atom is -0.314 e. The van der Waals surface area contributed by atoms with Crippen molar-refractivity contribution in [2.45, 2.75) is 32.7 Å². The van der Waals surface area contributed by atoms with E-state index >= 15 is 0 Å². The number of rotatable bonds is 8. The molecule has 0 aliphatic carbocycles. The lowest BCUT2D eigenvalue weighted by atomic mass is 9.98. The molecule has 0 radical (unpaired) electrons. The maximum Gasteiger partial charge on any atom is 0.0492 e. The zero-order valence-corrected chi connectivity index (χ0v) is 12.3. The Bertz CT molecular complexity index is 311. The highest BCUT2D eigenvalue weighted by molar-refractivity contribution is 7.98. The first-order valence-electron chi connectivity index (χ1n) is 6.38. The molecule has 0 amide bonds. The number of aryl methyl sites for hydroxylation is 2. The zero-order valence-electron chi connectivity index (χ0n) is 11.4. The fourth-order valence-corrected chi connectivity index (χ4v) is 2.94. The van der Waals surface area contributed by atoms with Crippen LogP contribution < -0.4 is 5.32 Å². The number of aromatic nitrogens is 2. The van der Waals surface area contributed by atoms with Crippen LogP contribution >= 0.6 is 11.8 Å². The van der Waals surface area contributed by atoms with E-state index in [1.807, 2.05) is 29.7 Å². The van der Waals surface area contributed by atoms with Crippen LogP contribution in [0, 0.1) is 5.92 Å². The van der Waals surface area contributed by atoms with E-state index in [1.165, 1.54) is 17.9 Å². The molecule has 1 N–H and O–H groups in total. The van der Waals surface area contributed by atoms with Gasteiger partial charge in [-0.15, -0.1) is 0 Å². The van der Waals surface area contributed by atoms with Gasteiger partial charge in [-0.1, -0.05) is 13.8 Å². The van der Waals surface area contributed by atoms with Crippen LogP contribution in [0.5, 0.6) is 0 Å². The van der Waals surface area contributed by atoms with Gasteiger partial charge >= 0.3 is 0 Å². The second-order valence-electron chi connectivity index (χ2n) is 4.58. The van der Waals surface area contributed by atoms with Crippen LogP contribution in [0.4, 0.5) is 0 Å². The zero-order chi connectivity index (χ0) is 12.7. The molecule has 0 saturated carbocycles. The summed E-state index contributed by atoms with van der Waals surface area (Å²) in [7, 11) is 2.02. The molecule has 17 heavy (non-hydrogen) atoms. The Labute approximate surface area is 109 Å².